The van der Waals surface area contributed by atoms with E-state index in [1.54, 1.807) is 25.1 Å². The Morgan fingerprint density at radius 1 is 1.03 bits per heavy atom. The Balaban J connectivity index is 1.94. The highest BCUT2D eigenvalue weighted by Crippen LogP contribution is 2.32. The van der Waals surface area contributed by atoms with Crippen LogP contribution in [0, 0.1) is 31.5 Å². The standard InChI is InChI=1S/C28H35FN2O3S/c1-6-7-10-30-17-27(35(33,34)26-12-18(2)8-9-21(26)5)28(32)22-13-23(29)25(14-24(22)30)31-15-19(3)11-20(4)16-31/h8-9,12-14,17,19-20H,6-7,10-11,15-16H2,1-5H3/t19-,20-/m1/s1. The molecule has 2 heterocycles. The zero-order valence-electron chi connectivity index (χ0n) is 21.3. The molecule has 3 aromatic rings. The van der Waals surface area contributed by atoms with E-state index in [0.717, 1.165) is 37.9 Å². The lowest BCUT2D eigenvalue weighted by molar-refractivity contribution is 0.354. The fourth-order valence-corrected chi connectivity index (χ4v) is 6.98. The molecule has 0 aliphatic carbocycles. The van der Waals surface area contributed by atoms with Crippen LogP contribution in [0.3, 0.4) is 0 Å². The zero-order valence-corrected chi connectivity index (χ0v) is 22.1. The van der Waals surface area contributed by atoms with Crippen LogP contribution in [0.2, 0.25) is 0 Å². The van der Waals surface area contributed by atoms with Crippen molar-refractivity contribution in [3.8, 4) is 0 Å². The van der Waals surface area contributed by atoms with Crippen LogP contribution in [0.1, 0.15) is 51.2 Å². The van der Waals surface area contributed by atoms with Gasteiger partial charge < -0.3 is 9.47 Å². The van der Waals surface area contributed by atoms with Crippen LogP contribution in [0.4, 0.5) is 10.1 Å². The van der Waals surface area contributed by atoms with Crippen LogP contribution in [0.25, 0.3) is 10.9 Å². The van der Waals surface area contributed by atoms with Crippen molar-refractivity contribution in [2.45, 2.75) is 70.2 Å². The third-order valence-corrected chi connectivity index (χ3v) is 8.89. The van der Waals surface area contributed by atoms with E-state index in [9.17, 15) is 13.2 Å². The number of fused-ring (bicyclic) bond motifs is 1. The molecule has 1 aliphatic rings. The fraction of sp³-hybridized carbons (Fsp3) is 0.464. The predicted octanol–water partition coefficient (Wildman–Crippen LogP) is 5.87. The van der Waals surface area contributed by atoms with Gasteiger partial charge in [-0.05, 0) is 67.9 Å². The number of hydrogen-bond donors (Lipinski definition) is 0. The summed E-state index contributed by atoms with van der Waals surface area (Å²) in [5.74, 6) is 0.404. The van der Waals surface area contributed by atoms with Gasteiger partial charge in [0.05, 0.1) is 21.5 Å². The van der Waals surface area contributed by atoms with Crippen molar-refractivity contribution in [3.63, 3.8) is 0 Å². The normalized spacial score (nSPS) is 18.9. The molecule has 2 aromatic carbocycles. The number of aryl methyl sites for hydroxylation is 3. The Bertz CT molecular complexity index is 1420. The maximum Gasteiger partial charge on any atom is 0.212 e. The highest BCUT2D eigenvalue weighted by atomic mass is 32.2. The maximum atomic E-state index is 15.5. The van der Waals surface area contributed by atoms with Gasteiger partial charge >= 0.3 is 0 Å². The lowest BCUT2D eigenvalue weighted by atomic mass is 9.91. The van der Waals surface area contributed by atoms with Gasteiger partial charge in [-0.2, -0.15) is 0 Å². The van der Waals surface area contributed by atoms with E-state index in [4.69, 9.17) is 0 Å². The average Bonchev–Trinajstić information content (AvgIpc) is 2.79. The zero-order chi connectivity index (χ0) is 25.5. The van der Waals surface area contributed by atoms with E-state index in [1.807, 2.05) is 17.6 Å². The molecule has 1 fully saturated rings. The molecular formula is C28H35FN2O3S. The summed E-state index contributed by atoms with van der Waals surface area (Å²) in [7, 11) is -4.09. The first-order valence-corrected chi connectivity index (χ1v) is 13.9. The number of pyridine rings is 1. The molecule has 0 unspecified atom stereocenters. The highest BCUT2D eigenvalue weighted by molar-refractivity contribution is 7.91. The number of nitrogens with zero attached hydrogens (tertiary/aromatic N) is 2. The quantitative estimate of drug-likeness (QED) is 0.426. The fourth-order valence-electron chi connectivity index (χ4n) is 5.29. The molecule has 0 bridgehead atoms. The van der Waals surface area contributed by atoms with Gasteiger partial charge in [-0.1, -0.05) is 39.3 Å². The van der Waals surface area contributed by atoms with Gasteiger partial charge in [-0.15, -0.1) is 0 Å². The summed E-state index contributed by atoms with van der Waals surface area (Å²) in [6.07, 6.45) is 4.28. The second-order valence-corrected chi connectivity index (χ2v) is 12.2. The molecule has 5 nitrogen and oxygen atoms in total. The lowest BCUT2D eigenvalue weighted by Crippen LogP contribution is -2.39. The topological polar surface area (TPSA) is 59.4 Å². The second kappa shape index (κ2) is 9.76. The number of unbranched alkanes of at least 4 members (excludes halogenated alkanes) is 1. The number of hydrogen-bond acceptors (Lipinski definition) is 4. The van der Waals surface area contributed by atoms with Crippen molar-refractivity contribution in [2.24, 2.45) is 11.8 Å². The van der Waals surface area contributed by atoms with E-state index < -0.39 is 21.1 Å². The predicted molar refractivity (Wildman–Crippen MR) is 140 cm³/mol. The number of halogens is 1. The van der Waals surface area contributed by atoms with Crippen LogP contribution in [0.5, 0.6) is 0 Å². The molecule has 0 saturated carbocycles. The summed E-state index contributed by atoms with van der Waals surface area (Å²) in [4.78, 5) is 15.4. The first-order chi connectivity index (χ1) is 16.5. The van der Waals surface area contributed by atoms with E-state index in [-0.39, 0.29) is 15.2 Å². The largest absolute Gasteiger partial charge is 0.369 e. The molecule has 1 saturated heterocycles. The monoisotopic (exact) mass is 498 g/mol. The third kappa shape index (κ3) is 4.88. The molecular weight excluding hydrogens is 463 g/mol. The molecule has 188 valence electrons. The number of rotatable bonds is 6. The summed E-state index contributed by atoms with van der Waals surface area (Å²) in [5, 5.41) is 0.104. The van der Waals surface area contributed by atoms with Gasteiger partial charge in [0.1, 0.15) is 10.7 Å². The molecule has 1 aliphatic heterocycles. The van der Waals surface area contributed by atoms with E-state index in [0.29, 0.717) is 35.1 Å². The van der Waals surface area contributed by atoms with Crippen molar-refractivity contribution in [2.75, 3.05) is 18.0 Å². The minimum Gasteiger partial charge on any atom is -0.369 e. The summed E-state index contributed by atoms with van der Waals surface area (Å²) in [6, 6.07) is 8.15. The lowest BCUT2D eigenvalue weighted by Gasteiger charge is -2.37. The minimum absolute atomic E-state index is 0.104. The van der Waals surface area contributed by atoms with E-state index >= 15 is 4.39 Å². The van der Waals surface area contributed by atoms with Gasteiger partial charge in [0.2, 0.25) is 15.3 Å². The van der Waals surface area contributed by atoms with E-state index in [1.165, 1.54) is 12.3 Å². The number of sulfone groups is 1. The average molecular weight is 499 g/mol. The molecule has 35 heavy (non-hydrogen) atoms. The van der Waals surface area contributed by atoms with E-state index in [2.05, 4.69) is 25.7 Å². The van der Waals surface area contributed by atoms with Crippen LogP contribution >= 0.6 is 0 Å². The molecule has 2 atom stereocenters. The Morgan fingerprint density at radius 3 is 2.37 bits per heavy atom. The number of aromatic nitrogens is 1. The van der Waals surface area contributed by atoms with Crippen LogP contribution in [0.15, 0.2) is 51.1 Å². The van der Waals surface area contributed by atoms with Crippen LogP contribution < -0.4 is 10.3 Å². The molecule has 0 N–H and O–H groups in total. The second-order valence-electron chi connectivity index (χ2n) is 10.3. The SMILES string of the molecule is CCCCn1cc(S(=O)(=O)c2cc(C)ccc2C)c(=O)c2cc(F)c(N3C[C@H](C)C[C@@H](C)C3)cc21. The summed E-state index contributed by atoms with van der Waals surface area (Å²) in [6.45, 7) is 12.0. The molecule has 0 radical (unpaired) electrons. The molecule has 4 rings (SSSR count). The molecule has 0 spiro atoms. The van der Waals surface area contributed by atoms with Crippen molar-refractivity contribution in [1.82, 2.24) is 4.57 Å². The summed E-state index contributed by atoms with van der Waals surface area (Å²) < 4.78 is 44.6. The molecule has 7 heteroatoms. The number of piperidine rings is 1. The first-order valence-electron chi connectivity index (χ1n) is 12.5. The minimum atomic E-state index is -4.09. The third-order valence-electron chi connectivity index (χ3n) is 7.00. The summed E-state index contributed by atoms with van der Waals surface area (Å²) >= 11 is 0. The number of benzene rings is 2. The van der Waals surface area contributed by atoms with Crippen molar-refractivity contribution < 1.29 is 12.8 Å². The van der Waals surface area contributed by atoms with Crippen molar-refractivity contribution in [1.29, 1.82) is 0 Å². The van der Waals surface area contributed by atoms with Gasteiger partial charge in [0.25, 0.3) is 0 Å². The van der Waals surface area contributed by atoms with Crippen LogP contribution in [-0.2, 0) is 16.4 Å². The van der Waals surface area contributed by atoms with Crippen LogP contribution in [-0.4, -0.2) is 26.1 Å². The highest BCUT2D eigenvalue weighted by Gasteiger charge is 2.28. The Morgan fingerprint density at radius 2 is 1.71 bits per heavy atom. The first kappa shape index (κ1) is 25.4. The summed E-state index contributed by atoms with van der Waals surface area (Å²) in [5.41, 5.74) is 1.77. The molecule has 1 aromatic heterocycles. The smallest absolute Gasteiger partial charge is 0.212 e. The Hall–Kier alpha value is -2.67. The Kier molecular flexibility index (Phi) is 7.09. The van der Waals surface area contributed by atoms with Gasteiger partial charge in [0, 0.05) is 25.8 Å². The Labute approximate surface area is 207 Å². The number of anilines is 1. The van der Waals surface area contributed by atoms with Gasteiger partial charge in [-0.25, -0.2) is 12.8 Å². The molecule has 0 amide bonds. The maximum absolute atomic E-state index is 15.5. The van der Waals surface area contributed by atoms with Crippen molar-refractivity contribution in [3.05, 3.63) is 63.7 Å². The van der Waals surface area contributed by atoms with Crippen molar-refractivity contribution >= 4 is 26.4 Å². The van der Waals surface area contributed by atoms with Gasteiger partial charge in [-0.3, -0.25) is 4.79 Å². The van der Waals surface area contributed by atoms with Gasteiger partial charge in [0.15, 0.2) is 0 Å².